The molecule has 0 aliphatic carbocycles. The zero-order valence-electron chi connectivity index (χ0n) is 55.8. The molecule has 85 heavy (non-hydrogen) atoms. The molecule has 2 rings (SSSR count). The largest absolute Gasteiger partial charge is 0.388 e. The van der Waals surface area contributed by atoms with E-state index in [1.54, 1.807) is 0 Å². The first kappa shape index (κ1) is 79.7. The van der Waals surface area contributed by atoms with Gasteiger partial charge in [-0.15, -0.1) is 0 Å². The van der Waals surface area contributed by atoms with Crippen molar-refractivity contribution >= 4 is 11.8 Å². The molecule has 2 fully saturated rings. The molecule has 2 aliphatic heterocycles. The number of unbranched alkanes of at least 4 members (excludes halogenated alkanes) is 44. The predicted octanol–water partition coefficient (Wildman–Crippen LogP) is 16.4. The van der Waals surface area contributed by atoms with Gasteiger partial charge in [-0.3, -0.25) is 9.59 Å². The zero-order chi connectivity index (χ0) is 61.8. The van der Waals surface area contributed by atoms with E-state index < -0.39 is 61.4 Å². The van der Waals surface area contributed by atoms with Crippen molar-refractivity contribution in [2.75, 3.05) is 13.1 Å². The minimum absolute atomic E-state index is 0.126. The number of amides is 2. The van der Waals surface area contributed by atoms with E-state index in [2.05, 4.69) is 38.3 Å². The van der Waals surface area contributed by atoms with Crippen molar-refractivity contribution in [1.29, 1.82) is 0 Å². The maximum absolute atomic E-state index is 14.0. The highest BCUT2D eigenvalue weighted by molar-refractivity contribution is 5.79. The number of rotatable bonds is 60. The molecule has 13 heteroatoms. The van der Waals surface area contributed by atoms with Crippen LogP contribution in [0.4, 0.5) is 0 Å². The quantitative estimate of drug-likeness (QED) is 0.0269. The molecule has 0 saturated carbocycles. The average molecular weight is 1210 g/mol. The van der Waals surface area contributed by atoms with E-state index in [-0.39, 0.29) is 36.7 Å². The summed E-state index contributed by atoms with van der Waals surface area (Å²) in [5.41, 5.74) is 0. The summed E-state index contributed by atoms with van der Waals surface area (Å²) >= 11 is 0. The Morgan fingerprint density at radius 2 is 0.482 bits per heavy atom. The Kier molecular flexibility index (Phi) is 52.0. The number of nitrogens with one attached hydrogen (secondary N) is 2. The lowest BCUT2D eigenvalue weighted by Crippen LogP contribution is -2.65. The molecule has 2 saturated heterocycles. The summed E-state index contributed by atoms with van der Waals surface area (Å²) in [5, 5.41) is 72.7. The van der Waals surface area contributed by atoms with Gasteiger partial charge in [-0.05, 0) is 25.7 Å². The first-order valence-electron chi connectivity index (χ1n) is 37.1. The number of aliphatic hydroxyl groups excluding tert-OH is 6. The molecule has 2 amide bonds. The number of hydrogen-bond donors (Lipinski definition) is 8. The summed E-state index contributed by atoms with van der Waals surface area (Å²) in [6, 6.07) is 0. The van der Waals surface area contributed by atoms with Crippen LogP contribution in [-0.4, -0.2) is 117 Å². The number of hydrogen-bond acceptors (Lipinski definition) is 11. The molecule has 2 heterocycles. The summed E-state index contributed by atoms with van der Waals surface area (Å²) in [6.45, 7) is 8.72. The van der Waals surface area contributed by atoms with E-state index in [0.29, 0.717) is 0 Å². The second-order valence-electron chi connectivity index (χ2n) is 26.8. The normalized spacial score (nSPS) is 22.7. The zero-order valence-corrected chi connectivity index (χ0v) is 55.8. The van der Waals surface area contributed by atoms with E-state index in [4.69, 9.17) is 14.2 Å². The molecule has 10 atom stereocenters. The van der Waals surface area contributed by atoms with Crippen molar-refractivity contribution in [3.8, 4) is 0 Å². The minimum atomic E-state index is -1.77. The van der Waals surface area contributed by atoms with Gasteiger partial charge in [0, 0.05) is 24.9 Å². The molecule has 0 spiro atoms. The molecule has 0 aromatic carbocycles. The second-order valence-corrected chi connectivity index (χ2v) is 26.8. The second kappa shape index (κ2) is 55.4. The molecule has 2 aliphatic rings. The summed E-state index contributed by atoms with van der Waals surface area (Å²) in [4.78, 5) is 27.9. The highest BCUT2D eigenvalue weighted by Crippen LogP contribution is 2.30. The van der Waals surface area contributed by atoms with Gasteiger partial charge in [-0.1, -0.05) is 336 Å². The van der Waals surface area contributed by atoms with Crippen LogP contribution < -0.4 is 10.6 Å². The van der Waals surface area contributed by atoms with Crippen LogP contribution in [0.25, 0.3) is 0 Å². The van der Waals surface area contributed by atoms with Gasteiger partial charge < -0.3 is 55.5 Å². The van der Waals surface area contributed by atoms with Crippen LogP contribution in [0.15, 0.2) is 0 Å². The Bertz CT molecular complexity index is 1330. The van der Waals surface area contributed by atoms with Gasteiger partial charge in [0.2, 0.25) is 11.8 Å². The number of ether oxygens (including phenoxy) is 3. The molecule has 504 valence electrons. The number of carbonyl (C=O) groups is 2. The lowest BCUT2D eigenvalue weighted by Gasteiger charge is -2.45. The van der Waals surface area contributed by atoms with Crippen LogP contribution in [0.2, 0.25) is 0 Å². The van der Waals surface area contributed by atoms with E-state index >= 15 is 0 Å². The summed E-state index contributed by atoms with van der Waals surface area (Å²) in [6.07, 6.45) is 47.1. The van der Waals surface area contributed by atoms with E-state index in [9.17, 15) is 40.2 Å². The first-order valence-corrected chi connectivity index (χ1v) is 37.1. The molecule has 0 aromatic heterocycles. The number of carbonyl (C=O) groups excluding carboxylic acids is 2. The third-order valence-electron chi connectivity index (χ3n) is 18.9. The van der Waals surface area contributed by atoms with Gasteiger partial charge in [-0.2, -0.15) is 0 Å². The van der Waals surface area contributed by atoms with Crippen molar-refractivity contribution in [3.63, 3.8) is 0 Å². The van der Waals surface area contributed by atoms with Crippen LogP contribution >= 0.6 is 0 Å². The molecule has 0 bridgehead atoms. The van der Waals surface area contributed by atoms with Gasteiger partial charge in [0.05, 0.1) is 0 Å². The Labute approximate surface area is 522 Å². The fourth-order valence-electron chi connectivity index (χ4n) is 13.0. The van der Waals surface area contributed by atoms with Crippen LogP contribution in [0.5, 0.6) is 0 Å². The third kappa shape index (κ3) is 39.5. The van der Waals surface area contributed by atoms with Gasteiger partial charge in [0.1, 0.15) is 48.8 Å². The SMILES string of the molecule is CCCCCCCCCCCCCCC(CCCCCCCCCCCCCC)C(=O)NCC1O[C@H](O[C@H]2OC(CNC(=O)C(CCCCCCCCCCCCCC)CCCCCCCCCCCCCC)[C@@H](O)[C@H](O)C2O)C(O)[C@@H](O)[C@@H]1O. The highest BCUT2D eigenvalue weighted by atomic mass is 16.8. The molecule has 8 N–H and O–H groups in total. The molecule has 0 radical (unpaired) electrons. The molecule has 13 nitrogen and oxygen atoms in total. The first-order chi connectivity index (χ1) is 41.5. The van der Waals surface area contributed by atoms with E-state index in [1.807, 2.05) is 0 Å². The fourth-order valence-corrected chi connectivity index (χ4v) is 13.0. The Hall–Kier alpha value is -1.42. The van der Waals surface area contributed by atoms with Gasteiger partial charge >= 0.3 is 0 Å². The topological polar surface area (TPSA) is 207 Å². The standard InChI is InChI=1S/C72H140N2O11/c1-5-9-13-17-21-25-29-33-37-41-45-49-53-59(54-50-46-42-38-34-30-26-22-18-14-10-6-2)69(81)73-57-61-63(75)65(77)67(79)71(83-61)85-72-68(80)66(78)64(76)62(84-72)58-74-70(82)60(55-51-47-43-39-35-31-27-23-19-15-11-7-3)56-52-48-44-40-36-32-28-24-20-16-12-8-4/h59-68,71-72,75-80H,5-58H2,1-4H3,(H,73,81)(H,74,82)/t61?,62?,63-,64-,65+,66+,67?,68?,71-,72-/m1/s1. The van der Waals surface area contributed by atoms with Crippen LogP contribution in [-0.2, 0) is 23.8 Å². The molecule has 4 unspecified atom stereocenters. The third-order valence-corrected chi connectivity index (χ3v) is 18.9. The maximum Gasteiger partial charge on any atom is 0.223 e. The van der Waals surface area contributed by atoms with Crippen molar-refractivity contribution < 1.29 is 54.4 Å². The van der Waals surface area contributed by atoms with Crippen molar-refractivity contribution in [3.05, 3.63) is 0 Å². The molecular weight excluding hydrogens is 1070 g/mol. The fraction of sp³-hybridized carbons (Fsp3) is 0.972. The van der Waals surface area contributed by atoms with Crippen molar-refractivity contribution in [1.82, 2.24) is 10.6 Å². The lowest BCUT2D eigenvalue weighted by atomic mass is 9.92. The Balaban J connectivity index is 1.99. The summed E-state index contributed by atoms with van der Waals surface area (Å²) in [7, 11) is 0. The van der Waals surface area contributed by atoms with Crippen LogP contribution in [0.3, 0.4) is 0 Å². The predicted molar refractivity (Wildman–Crippen MR) is 350 cm³/mol. The number of aliphatic hydroxyl groups is 6. The van der Waals surface area contributed by atoms with Crippen LogP contribution in [0.1, 0.15) is 362 Å². The molecule has 0 aromatic rings. The minimum Gasteiger partial charge on any atom is -0.388 e. The van der Waals surface area contributed by atoms with Crippen molar-refractivity contribution in [2.24, 2.45) is 11.8 Å². The Morgan fingerprint density at radius 1 is 0.294 bits per heavy atom. The monoisotopic (exact) mass is 1210 g/mol. The molecular formula is C72H140N2O11. The van der Waals surface area contributed by atoms with E-state index in [1.165, 1.54) is 231 Å². The van der Waals surface area contributed by atoms with Gasteiger partial charge in [0.25, 0.3) is 0 Å². The average Bonchev–Trinajstić information content (AvgIpc) is 3.14. The van der Waals surface area contributed by atoms with Crippen molar-refractivity contribution in [2.45, 2.75) is 423 Å². The highest BCUT2D eigenvalue weighted by Gasteiger charge is 2.50. The van der Waals surface area contributed by atoms with Crippen LogP contribution in [0, 0.1) is 11.8 Å². The smallest absolute Gasteiger partial charge is 0.223 e. The van der Waals surface area contributed by atoms with Gasteiger partial charge in [0.15, 0.2) is 12.6 Å². The van der Waals surface area contributed by atoms with E-state index in [0.717, 1.165) is 103 Å². The Morgan fingerprint density at radius 3 is 0.682 bits per heavy atom. The maximum atomic E-state index is 14.0. The summed E-state index contributed by atoms with van der Waals surface area (Å²) < 4.78 is 18.0. The lowest BCUT2D eigenvalue weighted by molar-refractivity contribution is -0.372. The van der Waals surface area contributed by atoms with Gasteiger partial charge in [-0.25, -0.2) is 0 Å². The summed E-state index contributed by atoms with van der Waals surface area (Å²) in [5.74, 6) is -0.661.